The van der Waals surface area contributed by atoms with Gasteiger partial charge in [0.2, 0.25) is 11.8 Å². The van der Waals surface area contributed by atoms with Crippen molar-refractivity contribution in [3.05, 3.63) is 83.2 Å². The molecule has 2 aromatic rings. The molecule has 1 saturated heterocycles. The molecule has 0 aromatic heterocycles. The van der Waals surface area contributed by atoms with Gasteiger partial charge >= 0.3 is 12.2 Å². The van der Waals surface area contributed by atoms with Crippen molar-refractivity contribution in [2.24, 2.45) is 5.92 Å². The van der Waals surface area contributed by atoms with Crippen LogP contribution in [0, 0.1) is 11.7 Å². The second-order valence-electron chi connectivity index (χ2n) is 15.2. The lowest BCUT2D eigenvalue weighted by molar-refractivity contribution is -0.144. The van der Waals surface area contributed by atoms with E-state index in [-0.39, 0.29) is 38.6 Å². The molecular weight excluding hydrogens is 685 g/mol. The van der Waals surface area contributed by atoms with Crippen molar-refractivity contribution in [2.45, 2.75) is 115 Å². The average Bonchev–Trinajstić information content (AvgIpc) is 3.40. The first-order valence-corrected chi connectivity index (χ1v) is 18.3. The third kappa shape index (κ3) is 9.16. The number of allylic oxidation sites excluding steroid dienone is 1. The number of nitrogens with zero attached hydrogens (tertiary/aromatic N) is 2. The first kappa shape index (κ1) is 37.8. The van der Waals surface area contributed by atoms with Crippen molar-refractivity contribution >= 4 is 29.9 Å². The Morgan fingerprint density at radius 1 is 1.02 bits per heavy atom. The molecule has 14 heteroatoms. The van der Waals surface area contributed by atoms with Gasteiger partial charge in [-0.1, -0.05) is 67.5 Å². The minimum Gasteiger partial charge on any atom is -0.444 e. The van der Waals surface area contributed by atoms with E-state index in [2.05, 4.69) is 16.1 Å². The van der Waals surface area contributed by atoms with Crippen LogP contribution in [-0.2, 0) is 48.4 Å². The van der Waals surface area contributed by atoms with Crippen molar-refractivity contribution in [3.63, 3.8) is 0 Å². The zero-order valence-electron chi connectivity index (χ0n) is 30.4. The Hall–Kier alpha value is -4.98. The van der Waals surface area contributed by atoms with Crippen molar-refractivity contribution in [1.82, 2.24) is 25.9 Å². The molecule has 5 atom stereocenters. The summed E-state index contributed by atoms with van der Waals surface area (Å²) in [4.78, 5) is 76.8. The molecule has 284 valence electrons. The van der Waals surface area contributed by atoms with Crippen molar-refractivity contribution in [3.8, 4) is 0 Å². The number of fused-ring (bicyclic) bond motifs is 3. The predicted molar refractivity (Wildman–Crippen MR) is 190 cm³/mol. The van der Waals surface area contributed by atoms with Crippen LogP contribution in [0.4, 0.5) is 14.0 Å². The van der Waals surface area contributed by atoms with Crippen molar-refractivity contribution in [1.29, 1.82) is 0 Å². The highest BCUT2D eigenvalue weighted by molar-refractivity contribution is 5.98. The molecule has 0 radical (unpaired) electrons. The first-order valence-electron chi connectivity index (χ1n) is 18.3. The average molecular weight is 734 g/mol. The zero-order valence-corrected chi connectivity index (χ0v) is 30.4. The molecule has 2 fully saturated rings. The minimum absolute atomic E-state index is 0.0287. The van der Waals surface area contributed by atoms with E-state index >= 15 is 0 Å². The van der Waals surface area contributed by atoms with E-state index in [9.17, 15) is 28.4 Å². The monoisotopic (exact) mass is 733 g/mol. The number of ether oxygens (including phenoxy) is 2. The molecule has 2 aromatic carbocycles. The van der Waals surface area contributed by atoms with Gasteiger partial charge in [-0.2, -0.15) is 0 Å². The summed E-state index contributed by atoms with van der Waals surface area (Å²) in [7, 11) is 0. The molecule has 13 nitrogen and oxygen atoms in total. The fraction of sp³-hybridized carbons (Fsp3) is 0.513. The number of hydroxylamine groups is 1. The number of hydrogen-bond donors (Lipinski definition) is 3. The number of halogens is 1. The van der Waals surface area contributed by atoms with Crippen molar-refractivity contribution < 1.29 is 42.7 Å². The van der Waals surface area contributed by atoms with Crippen molar-refractivity contribution in [2.75, 3.05) is 6.54 Å². The summed E-state index contributed by atoms with van der Waals surface area (Å²) < 4.78 is 25.8. The lowest BCUT2D eigenvalue weighted by Gasteiger charge is -2.30. The molecule has 6 rings (SSSR count). The summed E-state index contributed by atoms with van der Waals surface area (Å²) in [6, 6.07) is 11.8. The molecule has 4 aliphatic rings. The van der Waals surface area contributed by atoms with E-state index in [0.717, 1.165) is 24.8 Å². The van der Waals surface area contributed by atoms with Crippen LogP contribution in [0.1, 0.15) is 82.4 Å². The second kappa shape index (κ2) is 15.9. The number of alkyl carbamates (subject to hydrolysis) is 1. The van der Waals surface area contributed by atoms with E-state index in [1.54, 1.807) is 32.9 Å². The Bertz CT molecular complexity index is 1730. The number of benzene rings is 2. The van der Waals surface area contributed by atoms with E-state index in [0.29, 0.717) is 30.4 Å². The largest absolute Gasteiger partial charge is 0.444 e. The van der Waals surface area contributed by atoms with Crippen LogP contribution in [-0.4, -0.2) is 75.6 Å². The molecular formula is C39H48FN5O8. The molecule has 3 aliphatic heterocycles. The molecule has 3 N–H and O–H groups in total. The number of hydrogen-bond acceptors (Lipinski definition) is 8. The Morgan fingerprint density at radius 3 is 2.57 bits per heavy atom. The van der Waals surface area contributed by atoms with Gasteiger partial charge in [-0.15, -0.1) is 0 Å². The molecule has 3 heterocycles. The summed E-state index contributed by atoms with van der Waals surface area (Å²) in [6.07, 6.45) is 5.06. The Labute approximate surface area is 308 Å². The van der Waals surface area contributed by atoms with Gasteiger partial charge in [0.25, 0.3) is 5.91 Å². The van der Waals surface area contributed by atoms with E-state index < -0.39 is 65.1 Å². The lowest BCUT2D eigenvalue weighted by Crippen LogP contribution is -2.58. The Balaban J connectivity index is 1.22. The van der Waals surface area contributed by atoms with Gasteiger partial charge in [0, 0.05) is 24.4 Å². The van der Waals surface area contributed by atoms with Gasteiger partial charge in [0.15, 0.2) is 0 Å². The summed E-state index contributed by atoms with van der Waals surface area (Å²) >= 11 is 0. The second-order valence-corrected chi connectivity index (χ2v) is 15.2. The fourth-order valence-corrected chi connectivity index (χ4v) is 7.19. The number of amides is 5. The Morgan fingerprint density at radius 2 is 1.81 bits per heavy atom. The van der Waals surface area contributed by atoms with Crippen LogP contribution in [0.5, 0.6) is 0 Å². The zero-order chi connectivity index (χ0) is 37.8. The van der Waals surface area contributed by atoms with Crippen LogP contribution in [0.3, 0.4) is 0 Å². The quantitative estimate of drug-likeness (QED) is 0.283. The maximum atomic E-state index is 14.4. The summed E-state index contributed by atoms with van der Waals surface area (Å²) in [5.41, 5.74) is 2.31. The fourth-order valence-electron chi connectivity index (χ4n) is 7.19. The van der Waals surface area contributed by atoms with E-state index in [4.69, 9.17) is 14.3 Å². The summed E-state index contributed by atoms with van der Waals surface area (Å²) in [5.74, 6) is -2.38. The normalized spacial score (nSPS) is 26.5. The van der Waals surface area contributed by atoms with Gasteiger partial charge in [-0.3, -0.25) is 24.1 Å². The van der Waals surface area contributed by atoms with Gasteiger partial charge in [-0.25, -0.2) is 19.5 Å². The molecule has 1 aliphatic carbocycles. The van der Waals surface area contributed by atoms with Gasteiger partial charge < -0.3 is 25.0 Å². The molecule has 1 saturated carbocycles. The van der Waals surface area contributed by atoms with Crippen LogP contribution in [0.15, 0.2) is 60.7 Å². The number of rotatable bonds is 6. The molecule has 53 heavy (non-hydrogen) atoms. The smallest absolute Gasteiger partial charge is 0.410 e. The standard InChI is InChI=1S/C39H48FN5O8/c1-38(2,3)53-36(49)41-31-18-11-6-4-5-10-16-27-20-39(27,35(48)43-51-24-25-13-8-7-9-14-25)42-33(46)32-19-28(22-45(32)34(31)47)52-37(50)44-21-26-15-12-17-30(40)29(26)23-44/h7-10,12-17,27-28,31-32H,4-6,11,18-24H2,1-3H3,(H,41,49)(H,42,46)(H,43,48)/b16-10-/t27?,28-,31?,32+,39?/m1/s1. The maximum Gasteiger partial charge on any atom is 0.410 e. The van der Waals surface area contributed by atoms with Crippen LogP contribution >= 0.6 is 0 Å². The highest BCUT2D eigenvalue weighted by atomic mass is 19.1. The van der Waals surface area contributed by atoms with Gasteiger partial charge in [0.05, 0.1) is 19.7 Å². The minimum atomic E-state index is -1.33. The van der Waals surface area contributed by atoms with Gasteiger partial charge in [0.1, 0.15) is 35.1 Å². The predicted octanol–water partition coefficient (Wildman–Crippen LogP) is 4.78. The lowest BCUT2D eigenvalue weighted by atomic mass is 10.0. The molecule has 0 spiro atoms. The third-order valence-electron chi connectivity index (χ3n) is 10.0. The summed E-state index contributed by atoms with van der Waals surface area (Å²) in [6.45, 7) is 5.33. The number of nitrogens with one attached hydrogen (secondary N) is 3. The molecule has 3 unspecified atom stereocenters. The van der Waals surface area contributed by atoms with E-state index in [1.807, 2.05) is 42.5 Å². The first-order chi connectivity index (χ1) is 25.3. The SMILES string of the molecule is CC(C)(C)OC(=O)NC1CCCCC/C=C\C2CC2(C(=O)NOCc2ccccc2)NC(=O)[C@@H]2C[C@@H](OC(=O)N3Cc4cccc(F)c4C3)CN2C1=O. The summed E-state index contributed by atoms with van der Waals surface area (Å²) in [5, 5.41) is 5.64. The molecule has 0 bridgehead atoms. The van der Waals surface area contributed by atoms with Crippen LogP contribution in [0.25, 0.3) is 0 Å². The highest BCUT2D eigenvalue weighted by Gasteiger charge is 2.61. The third-order valence-corrected chi connectivity index (χ3v) is 10.0. The van der Waals surface area contributed by atoms with Crippen LogP contribution in [0.2, 0.25) is 0 Å². The topological polar surface area (TPSA) is 156 Å². The van der Waals surface area contributed by atoms with Crippen LogP contribution < -0.4 is 16.1 Å². The number of carbonyl (C=O) groups excluding carboxylic acids is 5. The maximum absolute atomic E-state index is 14.4. The Kier molecular flexibility index (Phi) is 11.4. The van der Waals surface area contributed by atoms with Gasteiger partial charge in [-0.05, 0) is 63.6 Å². The highest BCUT2D eigenvalue weighted by Crippen LogP contribution is 2.45. The van der Waals surface area contributed by atoms with E-state index in [1.165, 1.54) is 15.9 Å². The molecule has 5 amide bonds. The number of carbonyl (C=O) groups is 5.